The zero-order valence-electron chi connectivity index (χ0n) is 21.8. The van der Waals surface area contributed by atoms with Gasteiger partial charge in [-0.2, -0.15) is 0 Å². The molecule has 0 saturated heterocycles. The number of carbonyl (C=O) groups excluding carboxylic acids is 2. The summed E-state index contributed by atoms with van der Waals surface area (Å²) in [4.78, 5) is 30.1. The van der Waals surface area contributed by atoms with E-state index in [1.807, 2.05) is 13.8 Å². The molecule has 0 aromatic carbocycles. The van der Waals surface area contributed by atoms with Crippen LogP contribution < -0.4 is 16.8 Å². The molecule has 11 nitrogen and oxygen atoms in total. The van der Waals surface area contributed by atoms with E-state index in [1.54, 1.807) is 18.3 Å². The van der Waals surface area contributed by atoms with Gasteiger partial charge in [-0.3, -0.25) is 14.9 Å². The molecule has 1 aromatic rings. The number of hydrogen-bond donors (Lipinski definition) is 3. The third-order valence-corrected chi connectivity index (χ3v) is 6.46. The molecule has 0 radical (unpaired) electrons. The molecular weight excluding hydrogens is 500 g/mol. The van der Waals surface area contributed by atoms with E-state index in [4.69, 9.17) is 35.2 Å². The Morgan fingerprint density at radius 1 is 0.946 bits per heavy atom. The van der Waals surface area contributed by atoms with Crippen molar-refractivity contribution in [2.45, 2.75) is 26.7 Å². The quantitative estimate of drug-likeness (QED) is 0.209. The van der Waals surface area contributed by atoms with Gasteiger partial charge in [0.25, 0.3) is 5.91 Å². The van der Waals surface area contributed by atoms with E-state index < -0.39 is 11.3 Å². The summed E-state index contributed by atoms with van der Waals surface area (Å²) in [6.07, 6.45) is 5.87. The summed E-state index contributed by atoms with van der Waals surface area (Å²) >= 11 is 1.40. The fourth-order valence-electron chi connectivity index (χ4n) is 3.64. The predicted octanol–water partition coefficient (Wildman–Crippen LogP) is 1.57. The lowest BCUT2D eigenvalue weighted by Crippen LogP contribution is -2.38. The Kier molecular flexibility index (Phi) is 14.5. The third kappa shape index (κ3) is 11.4. The lowest BCUT2D eigenvalue weighted by atomic mass is 9.73. The summed E-state index contributed by atoms with van der Waals surface area (Å²) in [5.74, 6) is -0.693. The van der Waals surface area contributed by atoms with E-state index >= 15 is 0 Å². The maximum atomic E-state index is 12.7. The minimum atomic E-state index is -0.890. The van der Waals surface area contributed by atoms with Crippen molar-refractivity contribution in [1.82, 2.24) is 4.98 Å². The van der Waals surface area contributed by atoms with Gasteiger partial charge in [0.1, 0.15) is 0 Å². The van der Waals surface area contributed by atoms with Gasteiger partial charge >= 0.3 is 0 Å². The molecule has 1 aliphatic rings. The fourth-order valence-corrected chi connectivity index (χ4v) is 4.30. The molecule has 1 atom stereocenters. The van der Waals surface area contributed by atoms with Crippen molar-refractivity contribution in [1.29, 1.82) is 0 Å². The number of nitrogens with one attached hydrogen (secondary N) is 1. The average molecular weight is 541 g/mol. The number of thiazole rings is 1. The second-order valence-corrected chi connectivity index (χ2v) is 9.79. The molecule has 1 aromatic heterocycles. The van der Waals surface area contributed by atoms with Gasteiger partial charge in [-0.1, -0.05) is 17.7 Å². The third-order valence-electron chi connectivity index (χ3n) is 5.63. The molecule has 37 heavy (non-hydrogen) atoms. The first-order valence-electron chi connectivity index (χ1n) is 12.4. The van der Waals surface area contributed by atoms with Crippen molar-refractivity contribution in [3.05, 3.63) is 34.4 Å². The van der Waals surface area contributed by atoms with Crippen molar-refractivity contribution in [3.8, 4) is 0 Å². The lowest BCUT2D eigenvalue weighted by molar-refractivity contribution is -0.126. The van der Waals surface area contributed by atoms with Crippen LogP contribution >= 0.6 is 11.3 Å². The molecular formula is C25H40N4O7S. The molecule has 1 aliphatic carbocycles. The number of allylic oxidation sites excluding steroid dienone is 1. The highest BCUT2D eigenvalue weighted by Gasteiger charge is 2.37. The van der Waals surface area contributed by atoms with Crippen molar-refractivity contribution in [2.24, 2.45) is 16.9 Å². The van der Waals surface area contributed by atoms with Crippen molar-refractivity contribution < 1.29 is 33.3 Å². The van der Waals surface area contributed by atoms with Gasteiger partial charge in [0.15, 0.2) is 5.13 Å². The zero-order chi connectivity index (χ0) is 26.9. The number of hydrogen-bond acceptors (Lipinski definition) is 10. The number of anilines is 1. The first-order chi connectivity index (χ1) is 17.9. The minimum Gasteiger partial charge on any atom is -0.379 e. The monoisotopic (exact) mass is 540 g/mol. The van der Waals surface area contributed by atoms with Gasteiger partial charge < -0.3 is 35.2 Å². The Labute approximate surface area is 222 Å². The normalized spacial score (nSPS) is 17.4. The Morgan fingerprint density at radius 3 is 1.95 bits per heavy atom. The molecule has 1 heterocycles. The molecule has 0 bridgehead atoms. The first kappa shape index (κ1) is 31.0. The van der Waals surface area contributed by atoms with E-state index in [0.29, 0.717) is 96.2 Å². The fraction of sp³-hybridized carbons (Fsp3) is 0.640. The number of rotatable bonds is 20. The molecule has 2 rings (SSSR count). The van der Waals surface area contributed by atoms with Gasteiger partial charge in [0.05, 0.1) is 64.9 Å². The van der Waals surface area contributed by atoms with Crippen molar-refractivity contribution in [3.63, 3.8) is 0 Å². The lowest BCUT2D eigenvalue weighted by Gasteiger charge is -2.31. The molecule has 0 spiro atoms. The van der Waals surface area contributed by atoms with Crippen LogP contribution in [0.15, 0.2) is 29.5 Å². The molecule has 12 heteroatoms. The number of nitrogens with two attached hydrogens (primary N) is 2. The molecule has 1 unspecified atom stereocenters. The molecule has 0 fully saturated rings. The predicted molar refractivity (Wildman–Crippen MR) is 141 cm³/mol. The minimum absolute atomic E-state index is 0.251. The van der Waals surface area contributed by atoms with Gasteiger partial charge in [-0.15, -0.1) is 11.3 Å². The van der Waals surface area contributed by atoms with E-state index in [1.165, 1.54) is 11.3 Å². The van der Waals surface area contributed by atoms with E-state index in [2.05, 4.69) is 10.3 Å². The number of carbonyl (C=O) groups is 2. The van der Waals surface area contributed by atoms with Crippen LogP contribution in [0, 0.1) is 12.3 Å². The highest BCUT2D eigenvalue weighted by Crippen LogP contribution is 2.37. The highest BCUT2D eigenvalue weighted by molar-refractivity contribution is 7.15. The smallest absolute Gasteiger partial charge is 0.257 e. The van der Waals surface area contributed by atoms with Crippen LogP contribution in [0.25, 0.3) is 0 Å². The van der Waals surface area contributed by atoms with Crippen molar-refractivity contribution >= 4 is 28.3 Å². The van der Waals surface area contributed by atoms with Gasteiger partial charge in [-0.05, 0) is 26.7 Å². The van der Waals surface area contributed by atoms with Gasteiger partial charge in [0.2, 0.25) is 5.91 Å². The maximum absolute atomic E-state index is 12.7. The molecule has 0 saturated carbocycles. The van der Waals surface area contributed by atoms with Crippen LogP contribution in [0.1, 0.15) is 24.6 Å². The largest absolute Gasteiger partial charge is 0.379 e. The van der Waals surface area contributed by atoms with Crippen molar-refractivity contribution in [2.75, 3.05) is 77.9 Å². The summed E-state index contributed by atoms with van der Waals surface area (Å²) in [7, 11) is 0. The van der Waals surface area contributed by atoms with Gasteiger partial charge in [-0.25, -0.2) is 4.98 Å². The van der Waals surface area contributed by atoms with Crippen LogP contribution in [-0.4, -0.2) is 89.4 Å². The van der Waals surface area contributed by atoms with Crippen LogP contribution in [0.2, 0.25) is 0 Å². The van der Waals surface area contributed by atoms with Crippen LogP contribution in [0.4, 0.5) is 5.13 Å². The molecule has 0 aliphatic heterocycles. The highest BCUT2D eigenvalue weighted by atomic mass is 32.1. The van der Waals surface area contributed by atoms with Crippen LogP contribution in [0.5, 0.6) is 0 Å². The number of aromatic nitrogens is 1. The summed E-state index contributed by atoms with van der Waals surface area (Å²) < 4.78 is 27.1. The van der Waals surface area contributed by atoms with E-state index in [-0.39, 0.29) is 5.91 Å². The van der Waals surface area contributed by atoms with Crippen LogP contribution in [0.3, 0.4) is 0 Å². The SMILES string of the molecule is CC1=C(C(=O)Nc2ncc(C)s2)C=CC(CCOCCOCCOCCOCCOCCN)(C(N)=O)C1. The summed E-state index contributed by atoms with van der Waals surface area (Å²) in [5, 5.41) is 3.34. The standard InChI is InChI=1S/C25H40N4O7S/c1-19-17-25(23(27)31,4-3-21(19)22(30)29-24-28-18-20(2)37-24)5-7-32-9-11-34-13-15-36-16-14-35-12-10-33-8-6-26/h3-4,18H,5-17,26H2,1-2H3,(H2,27,31)(H,28,29,30). The second kappa shape index (κ2) is 17.3. The summed E-state index contributed by atoms with van der Waals surface area (Å²) in [6, 6.07) is 0. The topological polar surface area (TPSA) is 157 Å². The zero-order valence-corrected chi connectivity index (χ0v) is 22.6. The average Bonchev–Trinajstić information content (AvgIpc) is 3.27. The van der Waals surface area contributed by atoms with E-state index in [9.17, 15) is 9.59 Å². The summed E-state index contributed by atoms with van der Waals surface area (Å²) in [6.45, 7) is 8.89. The molecule has 5 N–H and O–H groups in total. The number of ether oxygens (including phenoxy) is 5. The Hall–Kier alpha value is -2.19. The maximum Gasteiger partial charge on any atom is 0.257 e. The Bertz CT molecular complexity index is 905. The van der Waals surface area contributed by atoms with E-state index in [0.717, 1.165) is 10.5 Å². The number of primary amides is 1. The molecule has 208 valence electrons. The summed E-state index contributed by atoms with van der Waals surface area (Å²) in [5.41, 5.74) is 11.5. The number of aryl methyl sites for hydroxylation is 1. The molecule has 2 amide bonds. The number of nitrogens with zero attached hydrogens (tertiary/aromatic N) is 1. The number of amides is 2. The Morgan fingerprint density at radius 2 is 1.49 bits per heavy atom. The van der Waals surface area contributed by atoms with Crippen LogP contribution in [-0.2, 0) is 33.3 Å². The second-order valence-electron chi connectivity index (χ2n) is 8.56. The first-order valence-corrected chi connectivity index (χ1v) is 13.2. The van der Waals surface area contributed by atoms with Gasteiger partial charge in [0, 0.05) is 29.8 Å². The Balaban J connectivity index is 1.58.